The van der Waals surface area contributed by atoms with Crippen LogP contribution in [-0.4, -0.2) is 11.9 Å². The Morgan fingerprint density at radius 3 is 2.88 bits per heavy atom. The fraction of sp³-hybridized carbons (Fsp3) is 0.417. The van der Waals surface area contributed by atoms with Crippen molar-refractivity contribution in [1.29, 1.82) is 0 Å². The molecule has 0 unspecified atom stereocenters. The second kappa shape index (κ2) is 3.40. The first-order valence-electron chi connectivity index (χ1n) is 5.71. The van der Waals surface area contributed by atoms with Gasteiger partial charge in [0.05, 0.1) is 17.8 Å². The van der Waals surface area contributed by atoms with Crippen molar-refractivity contribution in [1.82, 2.24) is 0 Å². The first kappa shape index (κ1) is 9.51. The molecule has 1 aromatic rings. The van der Waals surface area contributed by atoms with Crippen LogP contribution in [0.2, 0.25) is 0 Å². The molecule has 84 valence electrons. The van der Waals surface area contributed by atoms with E-state index in [1.54, 1.807) is 0 Å². The molecule has 1 amide bonds. The van der Waals surface area contributed by atoms with Crippen LogP contribution in [0.5, 0.6) is 0 Å². The molecule has 1 aliphatic carbocycles. The van der Waals surface area contributed by atoms with Crippen molar-refractivity contribution in [2.45, 2.75) is 31.7 Å². The third-order valence-corrected chi connectivity index (χ3v) is 3.37. The molecule has 16 heavy (non-hydrogen) atoms. The molecule has 4 heteroatoms. The molecular formula is C12H15N3O. The zero-order valence-corrected chi connectivity index (χ0v) is 9.05. The quantitative estimate of drug-likeness (QED) is 0.661. The van der Waals surface area contributed by atoms with Crippen molar-refractivity contribution in [3.8, 4) is 0 Å². The average molecular weight is 217 g/mol. The molecule has 1 aromatic carbocycles. The van der Waals surface area contributed by atoms with Crippen molar-refractivity contribution < 1.29 is 4.79 Å². The largest absolute Gasteiger partial charge is 0.397 e. The number of fused-ring (bicyclic) bond motifs is 1. The van der Waals surface area contributed by atoms with Crippen molar-refractivity contribution >= 4 is 23.0 Å². The minimum Gasteiger partial charge on any atom is -0.397 e. The standard InChI is InChI=1S/C12H15N3O/c13-9-4-7-5-12(16)15-10(7)6-11(9)14-8-2-1-3-8/h4,6,8,14H,1-3,5,13H2,(H,15,16). The molecule has 4 nitrogen and oxygen atoms in total. The summed E-state index contributed by atoms with van der Waals surface area (Å²) in [5.74, 6) is 0.0511. The van der Waals surface area contributed by atoms with Gasteiger partial charge in [-0.15, -0.1) is 0 Å². The fourth-order valence-electron chi connectivity index (χ4n) is 2.19. The Morgan fingerprint density at radius 2 is 2.19 bits per heavy atom. The molecule has 0 spiro atoms. The van der Waals surface area contributed by atoms with E-state index in [1.165, 1.54) is 19.3 Å². The number of amides is 1. The molecular weight excluding hydrogens is 202 g/mol. The fourth-order valence-corrected chi connectivity index (χ4v) is 2.19. The van der Waals surface area contributed by atoms with E-state index in [0.29, 0.717) is 12.5 Å². The minimum atomic E-state index is 0.0511. The molecule has 1 aliphatic heterocycles. The van der Waals surface area contributed by atoms with E-state index >= 15 is 0 Å². The summed E-state index contributed by atoms with van der Waals surface area (Å²) in [4.78, 5) is 11.2. The molecule has 0 atom stereocenters. The van der Waals surface area contributed by atoms with E-state index in [0.717, 1.165) is 22.6 Å². The van der Waals surface area contributed by atoms with Crippen LogP contribution in [0.25, 0.3) is 0 Å². The lowest BCUT2D eigenvalue weighted by Crippen LogP contribution is -2.27. The third kappa shape index (κ3) is 1.50. The SMILES string of the molecule is Nc1cc2c(cc1NC1CCC1)NC(=O)C2. The van der Waals surface area contributed by atoms with Gasteiger partial charge in [0.1, 0.15) is 0 Å². The molecule has 3 rings (SSSR count). The van der Waals surface area contributed by atoms with Gasteiger partial charge < -0.3 is 16.4 Å². The Kier molecular flexibility index (Phi) is 2.02. The van der Waals surface area contributed by atoms with Crippen LogP contribution >= 0.6 is 0 Å². The van der Waals surface area contributed by atoms with Gasteiger partial charge in [0.2, 0.25) is 5.91 Å². The summed E-state index contributed by atoms with van der Waals surface area (Å²) in [6.07, 6.45) is 4.16. The maximum Gasteiger partial charge on any atom is 0.228 e. The van der Waals surface area contributed by atoms with E-state index in [4.69, 9.17) is 5.73 Å². The number of carbonyl (C=O) groups excluding carboxylic acids is 1. The Hall–Kier alpha value is -1.71. The highest BCUT2D eigenvalue weighted by Crippen LogP contribution is 2.33. The highest BCUT2D eigenvalue weighted by atomic mass is 16.1. The van der Waals surface area contributed by atoms with Crippen LogP contribution < -0.4 is 16.4 Å². The smallest absolute Gasteiger partial charge is 0.228 e. The minimum absolute atomic E-state index is 0.0511. The summed E-state index contributed by atoms with van der Waals surface area (Å²) < 4.78 is 0. The molecule has 1 fully saturated rings. The molecule has 1 saturated carbocycles. The van der Waals surface area contributed by atoms with Crippen molar-refractivity contribution in [3.63, 3.8) is 0 Å². The lowest BCUT2D eigenvalue weighted by atomic mass is 9.93. The number of benzene rings is 1. The summed E-state index contributed by atoms with van der Waals surface area (Å²) >= 11 is 0. The van der Waals surface area contributed by atoms with Crippen molar-refractivity contribution in [2.24, 2.45) is 0 Å². The Balaban J connectivity index is 1.88. The topological polar surface area (TPSA) is 67.2 Å². The molecule has 0 aromatic heterocycles. The van der Waals surface area contributed by atoms with Crippen LogP contribution in [0.1, 0.15) is 24.8 Å². The molecule has 4 N–H and O–H groups in total. The number of nitrogen functional groups attached to an aromatic ring is 1. The average Bonchev–Trinajstić information content (AvgIpc) is 2.50. The summed E-state index contributed by atoms with van der Waals surface area (Å²) in [5.41, 5.74) is 9.56. The molecule has 2 aliphatic rings. The predicted molar refractivity (Wildman–Crippen MR) is 64.4 cm³/mol. The number of hydrogen-bond donors (Lipinski definition) is 3. The van der Waals surface area contributed by atoms with Gasteiger partial charge in [0.15, 0.2) is 0 Å². The van der Waals surface area contributed by atoms with Gasteiger partial charge >= 0.3 is 0 Å². The number of rotatable bonds is 2. The van der Waals surface area contributed by atoms with Crippen molar-refractivity contribution in [2.75, 3.05) is 16.4 Å². The Morgan fingerprint density at radius 1 is 1.38 bits per heavy atom. The van der Waals surface area contributed by atoms with Crippen LogP contribution in [-0.2, 0) is 11.2 Å². The lowest BCUT2D eigenvalue weighted by Gasteiger charge is -2.28. The van der Waals surface area contributed by atoms with Gasteiger partial charge in [-0.25, -0.2) is 0 Å². The Labute approximate surface area is 94.2 Å². The number of nitrogens with one attached hydrogen (secondary N) is 2. The molecule has 0 radical (unpaired) electrons. The monoisotopic (exact) mass is 217 g/mol. The molecule has 0 saturated heterocycles. The first-order valence-corrected chi connectivity index (χ1v) is 5.71. The Bertz CT molecular complexity index is 452. The van der Waals surface area contributed by atoms with Crippen LogP contribution in [0, 0.1) is 0 Å². The van der Waals surface area contributed by atoms with Gasteiger partial charge in [0.25, 0.3) is 0 Å². The summed E-state index contributed by atoms with van der Waals surface area (Å²) in [5, 5.41) is 6.25. The van der Waals surface area contributed by atoms with E-state index in [-0.39, 0.29) is 5.91 Å². The van der Waals surface area contributed by atoms with Crippen LogP contribution in [0.15, 0.2) is 12.1 Å². The highest BCUT2D eigenvalue weighted by Gasteiger charge is 2.22. The maximum absolute atomic E-state index is 11.2. The van der Waals surface area contributed by atoms with E-state index < -0.39 is 0 Å². The summed E-state index contributed by atoms with van der Waals surface area (Å²) in [6, 6.07) is 4.40. The predicted octanol–water partition coefficient (Wildman–Crippen LogP) is 1.73. The zero-order valence-electron chi connectivity index (χ0n) is 9.05. The van der Waals surface area contributed by atoms with Crippen LogP contribution in [0.4, 0.5) is 17.1 Å². The van der Waals surface area contributed by atoms with Gasteiger partial charge in [-0.3, -0.25) is 4.79 Å². The highest BCUT2D eigenvalue weighted by molar-refractivity contribution is 6.00. The van der Waals surface area contributed by atoms with E-state index in [1.807, 2.05) is 12.1 Å². The summed E-state index contributed by atoms with van der Waals surface area (Å²) in [6.45, 7) is 0. The second-order valence-electron chi connectivity index (χ2n) is 4.59. The van der Waals surface area contributed by atoms with Gasteiger partial charge in [-0.05, 0) is 37.0 Å². The zero-order chi connectivity index (χ0) is 11.1. The third-order valence-electron chi connectivity index (χ3n) is 3.37. The lowest BCUT2D eigenvalue weighted by molar-refractivity contribution is -0.115. The molecule has 1 heterocycles. The number of hydrogen-bond acceptors (Lipinski definition) is 3. The first-order chi connectivity index (χ1) is 7.72. The number of carbonyl (C=O) groups is 1. The number of nitrogens with two attached hydrogens (primary N) is 1. The van der Waals surface area contributed by atoms with Crippen LogP contribution in [0.3, 0.4) is 0 Å². The van der Waals surface area contributed by atoms with Gasteiger partial charge in [-0.1, -0.05) is 0 Å². The van der Waals surface area contributed by atoms with Gasteiger partial charge in [0, 0.05) is 11.7 Å². The van der Waals surface area contributed by atoms with E-state index in [2.05, 4.69) is 10.6 Å². The van der Waals surface area contributed by atoms with E-state index in [9.17, 15) is 4.79 Å². The van der Waals surface area contributed by atoms with Crippen molar-refractivity contribution in [3.05, 3.63) is 17.7 Å². The second-order valence-corrected chi connectivity index (χ2v) is 4.59. The molecule has 0 bridgehead atoms. The number of anilines is 3. The normalized spacial score (nSPS) is 18.9. The summed E-state index contributed by atoms with van der Waals surface area (Å²) in [7, 11) is 0. The maximum atomic E-state index is 11.2. The van der Waals surface area contributed by atoms with Gasteiger partial charge in [-0.2, -0.15) is 0 Å².